The molecule has 114 valence electrons. The molecule has 0 spiro atoms. The van der Waals surface area contributed by atoms with Crippen molar-refractivity contribution >= 4 is 11.7 Å². The third-order valence-corrected chi connectivity index (χ3v) is 5.15. The maximum Gasteiger partial charge on any atom is 0.220 e. The van der Waals surface area contributed by atoms with E-state index < -0.39 is 0 Å². The number of rotatable bonds is 5. The summed E-state index contributed by atoms with van der Waals surface area (Å²) in [6.45, 7) is 3.79. The molecule has 2 rings (SSSR count). The number of hydrogen-bond donors (Lipinski definition) is 1. The first-order chi connectivity index (χ1) is 9.56. The number of amides is 1. The van der Waals surface area contributed by atoms with Gasteiger partial charge in [0.1, 0.15) is 5.78 Å². The SMILES string of the molecule is CC(C)C(=O)CCC(=O)N[C@H]1CC[C@@H]2CCCC[C@H]2C1. The number of ketones is 1. The van der Waals surface area contributed by atoms with Gasteiger partial charge in [0.15, 0.2) is 0 Å². The van der Waals surface area contributed by atoms with Gasteiger partial charge in [-0.15, -0.1) is 0 Å². The molecule has 0 radical (unpaired) electrons. The van der Waals surface area contributed by atoms with Crippen molar-refractivity contribution in [3.8, 4) is 0 Å². The summed E-state index contributed by atoms with van der Waals surface area (Å²) in [4.78, 5) is 23.5. The lowest BCUT2D eigenvalue weighted by molar-refractivity contribution is -0.127. The Hall–Kier alpha value is -0.860. The van der Waals surface area contributed by atoms with E-state index in [-0.39, 0.29) is 17.6 Å². The maximum atomic E-state index is 11.9. The lowest BCUT2D eigenvalue weighted by Gasteiger charge is -2.39. The van der Waals surface area contributed by atoms with Crippen molar-refractivity contribution in [3.05, 3.63) is 0 Å². The van der Waals surface area contributed by atoms with Crippen molar-refractivity contribution in [2.24, 2.45) is 17.8 Å². The zero-order chi connectivity index (χ0) is 14.5. The molecular weight excluding hydrogens is 250 g/mol. The van der Waals surface area contributed by atoms with Crippen molar-refractivity contribution in [2.45, 2.75) is 77.7 Å². The number of Topliss-reactive ketones (excluding diaryl/α,β-unsaturated/α-hetero) is 1. The van der Waals surface area contributed by atoms with Crippen molar-refractivity contribution < 1.29 is 9.59 Å². The van der Waals surface area contributed by atoms with E-state index in [4.69, 9.17) is 0 Å². The molecule has 0 saturated heterocycles. The average molecular weight is 279 g/mol. The zero-order valence-corrected chi connectivity index (χ0v) is 13.0. The zero-order valence-electron chi connectivity index (χ0n) is 13.0. The van der Waals surface area contributed by atoms with Gasteiger partial charge in [-0.2, -0.15) is 0 Å². The Bertz CT molecular complexity index is 351. The molecular formula is C17H29NO2. The Labute approximate surface area is 122 Å². The summed E-state index contributed by atoms with van der Waals surface area (Å²) in [6.07, 6.45) is 9.83. The van der Waals surface area contributed by atoms with Gasteiger partial charge in [-0.1, -0.05) is 39.5 Å². The molecule has 0 aromatic rings. The normalized spacial score (nSPS) is 29.9. The Morgan fingerprint density at radius 3 is 2.40 bits per heavy atom. The van der Waals surface area contributed by atoms with Crippen molar-refractivity contribution in [2.75, 3.05) is 0 Å². The molecule has 0 aromatic heterocycles. The molecule has 3 atom stereocenters. The summed E-state index contributed by atoms with van der Waals surface area (Å²) < 4.78 is 0. The highest BCUT2D eigenvalue weighted by Crippen LogP contribution is 2.40. The van der Waals surface area contributed by atoms with Crippen LogP contribution in [0.5, 0.6) is 0 Å². The second-order valence-corrected chi connectivity index (χ2v) is 7.00. The molecule has 0 heterocycles. The molecule has 2 fully saturated rings. The minimum atomic E-state index is 0.0421. The first-order valence-electron chi connectivity index (χ1n) is 8.38. The first kappa shape index (κ1) is 15.5. The van der Waals surface area contributed by atoms with Crippen LogP contribution < -0.4 is 5.32 Å². The second kappa shape index (κ2) is 7.24. The van der Waals surface area contributed by atoms with E-state index in [0.717, 1.165) is 24.7 Å². The van der Waals surface area contributed by atoms with E-state index in [1.807, 2.05) is 13.8 Å². The van der Waals surface area contributed by atoms with Crippen molar-refractivity contribution in [1.29, 1.82) is 0 Å². The van der Waals surface area contributed by atoms with Crippen LogP contribution in [-0.4, -0.2) is 17.7 Å². The minimum Gasteiger partial charge on any atom is -0.353 e. The molecule has 2 aliphatic rings. The number of nitrogens with one attached hydrogen (secondary N) is 1. The molecule has 3 heteroatoms. The van der Waals surface area contributed by atoms with Crippen LogP contribution in [0.25, 0.3) is 0 Å². The van der Waals surface area contributed by atoms with Crippen LogP contribution in [0.3, 0.4) is 0 Å². The highest BCUT2D eigenvalue weighted by molar-refractivity contribution is 5.86. The molecule has 0 unspecified atom stereocenters. The predicted molar refractivity (Wildman–Crippen MR) is 80.3 cm³/mol. The maximum absolute atomic E-state index is 11.9. The predicted octanol–water partition coefficient (Wildman–Crippen LogP) is 3.47. The summed E-state index contributed by atoms with van der Waals surface area (Å²) >= 11 is 0. The lowest BCUT2D eigenvalue weighted by atomic mass is 9.69. The number of fused-ring (bicyclic) bond motifs is 1. The van der Waals surface area contributed by atoms with Gasteiger partial charge in [0.2, 0.25) is 5.91 Å². The van der Waals surface area contributed by atoms with Crippen LogP contribution in [0, 0.1) is 17.8 Å². The molecule has 1 amide bonds. The molecule has 3 nitrogen and oxygen atoms in total. The highest BCUT2D eigenvalue weighted by atomic mass is 16.2. The van der Waals surface area contributed by atoms with Crippen molar-refractivity contribution in [1.82, 2.24) is 5.32 Å². The van der Waals surface area contributed by atoms with Gasteiger partial charge in [0.25, 0.3) is 0 Å². The summed E-state index contributed by atoms with van der Waals surface area (Å²) in [5.41, 5.74) is 0. The van der Waals surface area contributed by atoms with Crippen LogP contribution in [0.1, 0.15) is 71.6 Å². The third-order valence-electron chi connectivity index (χ3n) is 5.15. The fraction of sp³-hybridized carbons (Fsp3) is 0.882. The topological polar surface area (TPSA) is 46.2 Å². The Kier molecular flexibility index (Phi) is 5.62. The first-order valence-corrected chi connectivity index (χ1v) is 8.38. The van der Waals surface area contributed by atoms with Crippen LogP contribution in [0.2, 0.25) is 0 Å². The summed E-state index contributed by atoms with van der Waals surface area (Å²) in [6, 6.07) is 0.357. The largest absolute Gasteiger partial charge is 0.353 e. The lowest BCUT2D eigenvalue weighted by Crippen LogP contribution is -2.41. The molecule has 0 aromatic carbocycles. The standard InChI is InChI=1S/C17H29NO2/c1-12(2)16(19)9-10-17(20)18-15-8-7-13-5-3-4-6-14(13)11-15/h12-15H,3-11H2,1-2H3,(H,18,20)/t13-,14-,15-/m0/s1. The quantitative estimate of drug-likeness (QED) is 0.837. The van der Waals surface area contributed by atoms with E-state index in [1.165, 1.54) is 32.1 Å². The average Bonchev–Trinajstić information content (AvgIpc) is 2.44. The van der Waals surface area contributed by atoms with E-state index in [0.29, 0.717) is 18.9 Å². The second-order valence-electron chi connectivity index (χ2n) is 7.00. The fourth-order valence-corrected chi connectivity index (χ4v) is 3.83. The van der Waals surface area contributed by atoms with Crippen LogP contribution in [0.4, 0.5) is 0 Å². The smallest absolute Gasteiger partial charge is 0.220 e. The molecule has 2 aliphatic carbocycles. The molecule has 0 aliphatic heterocycles. The Morgan fingerprint density at radius 2 is 1.70 bits per heavy atom. The molecule has 1 N–H and O–H groups in total. The van der Waals surface area contributed by atoms with Gasteiger partial charge < -0.3 is 5.32 Å². The molecule has 0 bridgehead atoms. The van der Waals surface area contributed by atoms with E-state index in [2.05, 4.69) is 5.32 Å². The summed E-state index contributed by atoms with van der Waals surface area (Å²) in [7, 11) is 0. The van der Waals surface area contributed by atoms with Crippen LogP contribution >= 0.6 is 0 Å². The Balaban J connectivity index is 1.70. The molecule has 2 saturated carbocycles. The van der Waals surface area contributed by atoms with E-state index in [1.54, 1.807) is 0 Å². The van der Waals surface area contributed by atoms with E-state index >= 15 is 0 Å². The van der Waals surface area contributed by atoms with E-state index in [9.17, 15) is 9.59 Å². The van der Waals surface area contributed by atoms with Gasteiger partial charge in [-0.05, 0) is 31.1 Å². The summed E-state index contributed by atoms with van der Waals surface area (Å²) in [5.74, 6) is 2.05. The van der Waals surface area contributed by atoms with Gasteiger partial charge in [0, 0.05) is 24.8 Å². The third kappa shape index (κ3) is 4.32. The monoisotopic (exact) mass is 279 g/mol. The van der Waals surface area contributed by atoms with Crippen LogP contribution in [-0.2, 0) is 9.59 Å². The van der Waals surface area contributed by atoms with Crippen molar-refractivity contribution in [3.63, 3.8) is 0 Å². The highest BCUT2D eigenvalue weighted by Gasteiger charge is 2.32. The minimum absolute atomic E-state index is 0.0421. The fourth-order valence-electron chi connectivity index (χ4n) is 3.83. The Morgan fingerprint density at radius 1 is 1.00 bits per heavy atom. The van der Waals surface area contributed by atoms with Gasteiger partial charge in [-0.3, -0.25) is 9.59 Å². The number of carbonyl (C=O) groups is 2. The van der Waals surface area contributed by atoms with Gasteiger partial charge >= 0.3 is 0 Å². The van der Waals surface area contributed by atoms with Gasteiger partial charge in [-0.25, -0.2) is 0 Å². The number of hydrogen-bond acceptors (Lipinski definition) is 2. The summed E-state index contributed by atoms with van der Waals surface area (Å²) in [5, 5.41) is 3.16. The van der Waals surface area contributed by atoms with Gasteiger partial charge in [0.05, 0.1) is 0 Å². The molecule has 20 heavy (non-hydrogen) atoms. The number of carbonyl (C=O) groups excluding carboxylic acids is 2. The van der Waals surface area contributed by atoms with Crippen LogP contribution in [0.15, 0.2) is 0 Å².